The highest BCUT2D eigenvalue weighted by Gasteiger charge is 2.23. The molecule has 0 aliphatic rings. The zero-order chi connectivity index (χ0) is 20.0. The second kappa shape index (κ2) is 8.54. The molecule has 0 fully saturated rings. The van der Waals surface area contributed by atoms with Gasteiger partial charge in [-0.1, -0.05) is 18.2 Å². The van der Waals surface area contributed by atoms with Gasteiger partial charge in [-0.3, -0.25) is 13.9 Å². The first-order valence-electron chi connectivity index (χ1n) is 7.99. The van der Waals surface area contributed by atoms with Gasteiger partial charge in [0.05, 0.1) is 19.1 Å². The molecule has 0 aromatic heterocycles. The Labute approximate surface area is 158 Å². The first-order valence-corrected chi connectivity index (χ1v) is 9.84. The first kappa shape index (κ1) is 20.2. The first-order chi connectivity index (χ1) is 12.7. The Kier molecular flexibility index (Phi) is 6.40. The Balaban J connectivity index is 2.21. The smallest absolute Gasteiger partial charge is 0.245 e. The van der Waals surface area contributed by atoms with Crippen LogP contribution in [0.25, 0.3) is 0 Å². The van der Waals surface area contributed by atoms with E-state index < -0.39 is 22.5 Å². The maximum Gasteiger partial charge on any atom is 0.245 e. The van der Waals surface area contributed by atoms with Crippen molar-refractivity contribution in [3.8, 4) is 5.75 Å². The Morgan fingerprint density at radius 3 is 2.26 bits per heavy atom. The van der Waals surface area contributed by atoms with E-state index in [1.165, 1.54) is 14.0 Å². The van der Waals surface area contributed by atoms with E-state index in [0.29, 0.717) is 17.1 Å². The van der Waals surface area contributed by atoms with E-state index in [9.17, 15) is 18.0 Å². The number of ether oxygens (including phenoxy) is 1. The molecule has 2 amide bonds. The molecule has 2 aromatic rings. The molecule has 0 aliphatic heterocycles. The van der Waals surface area contributed by atoms with Gasteiger partial charge >= 0.3 is 0 Å². The Morgan fingerprint density at radius 2 is 1.67 bits per heavy atom. The molecular weight excluding hydrogens is 370 g/mol. The van der Waals surface area contributed by atoms with E-state index >= 15 is 0 Å². The fraction of sp³-hybridized carbons (Fsp3) is 0.222. The van der Waals surface area contributed by atoms with Crippen LogP contribution in [0.15, 0.2) is 48.5 Å². The van der Waals surface area contributed by atoms with Crippen LogP contribution in [0.5, 0.6) is 5.75 Å². The number of anilines is 3. The number of methoxy groups -OCH3 is 1. The Morgan fingerprint density at radius 1 is 1.04 bits per heavy atom. The van der Waals surface area contributed by atoms with Gasteiger partial charge in [0, 0.05) is 18.3 Å². The van der Waals surface area contributed by atoms with E-state index in [2.05, 4.69) is 10.6 Å². The summed E-state index contributed by atoms with van der Waals surface area (Å²) in [5.74, 6) is -0.437. The molecule has 0 heterocycles. The van der Waals surface area contributed by atoms with Crippen molar-refractivity contribution in [2.45, 2.75) is 6.92 Å². The summed E-state index contributed by atoms with van der Waals surface area (Å²) in [7, 11) is -2.30. The maximum absolute atomic E-state index is 12.4. The molecule has 0 aliphatic carbocycles. The van der Waals surface area contributed by atoms with Crippen molar-refractivity contribution < 1.29 is 22.7 Å². The van der Waals surface area contributed by atoms with Gasteiger partial charge in [-0.15, -0.1) is 0 Å². The van der Waals surface area contributed by atoms with Crippen LogP contribution in [-0.4, -0.2) is 40.1 Å². The van der Waals surface area contributed by atoms with Crippen LogP contribution >= 0.6 is 0 Å². The zero-order valence-corrected chi connectivity index (χ0v) is 16.0. The predicted octanol–water partition coefficient (Wildman–Crippen LogP) is 2.06. The van der Waals surface area contributed by atoms with Gasteiger partial charge in [0.15, 0.2) is 0 Å². The molecule has 0 spiro atoms. The molecule has 144 valence electrons. The number of hydrogen-bond acceptors (Lipinski definition) is 5. The predicted molar refractivity (Wildman–Crippen MR) is 105 cm³/mol. The van der Waals surface area contributed by atoms with Crippen molar-refractivity contribution in [2.24, 2.45) is 0 Å². The number of carbonyl (C=O) groups excluding carboxylic acids is 2. The van der Waals surface area contributed by atoms with Crippen molar-refractivity contribution in [2.75, 3.05) is 34.8 Å². The maximum atomic E-state index is 12.4. The number of sulfonamides is 1. The molecule has 27 heavy (non-hydrogen) atoms. The number of rotatable bonds is 7. The highest BCUT2D eigenvalue weighted by Crippen LogP contribution is 2.29. The normalized spacial score (nSPS) is 10.8. The molecule has 0 unspecified atom stereocenters. The van der Waals surface area contributed by atoms with Crippen LogP contribution in [0.2, 0.25) is 0 Å². The molecule has 9 heteroatoms. The number of nitrogens with zero attached hydrogens (tertiary/aromatic N) is 1. The van der Waals surface area contributed by atoms with Crippen LogP contribution in [0.3, 0.4) is 0 Å². The summed E-state index contributed by atoms with van der Waals surface area (Å²) in [6.07, 6.45) is 1.02. The lowest BCUT2D eigenvalue weighted by Crippen LogP contribution is -2.37. The van der Waals surface area contributed by atoms with E-state index in [0.717, 1.165) is 10.6 Å². The number of para-hydroxylation sites is 2. The number of hydrogen-bond donors (Lipinski definition) is 2. The molecule has 0 atom stereocenters. The van der Waals surface area contributed by atoms with Gasteiger partial charge in [0.25, 0.3) is 0 Å². The monoisotopic (exact) mass is 391 g/mol. The molecule has 0 saturated carbocycles. The molecule has 0 saturated heterocycles. The van der Waals surface area contributed by atoms with Gasteiger partial charge in [-0.05, 0) is 30.3 Å². The van der Waals surface area contributed by atoms with Crippen molar-refractivity contribution in [3.05, 3.63) is 48.5 Å². The number of benzene rings is 2. The average molecular weight is 391 g/mol. The Bertz CT molecular complexity index is 944. The second-order valence-electron chi connectivity index (χ2n) is 5.75. The molecule has 8 nitrogen and oxygen atoms in total. The van der Waals surface area contributed by atoms with Crippen LogP contribution in [0.1, 0.15) is 6.92 Å². The lowest BCUT2D eigenvalue weighted by atomic mass is 10.2. The Hall–Kier alpha value is -3.07. The van der Waals surface area contributed by atoms with E-state index in [-0.39, 0.29) is 11.6 Å². The quantitative estimate of drug-likeness (QED) is 0.752. The third kappa shape index (κ3) is 5.71. The van der Waals surface area contributed by atoms with Gasteiger partial charge in [0.2, 0.25) is 21.8 Å². The van der Waals surface area contributed by atoms with Crippen LogP contribution in [0, 0.1) is 0 Å². The SMILES string of the molecule is COc1ccccc1N(CC(=O)Nc1cccc(NC(C)=O)c1)S(C)(=O)=O. The molecular formula is C18H21N3O5S. The molecule has 0 bridgehead atoms. The fourth-order valence-electron chi connectivity index (χ4n) is 2.43. The minimum Gasteiger partial charge on any atom is -0.495 e. The zero-order valence-electron chi connectivity index (χ0n) is 15.2. The van der Waals surface area contributed by atoms with E-state index in [1.807, 2.05) is 0 Å². The minimum atomic E-state index is -3.73. The topological polar surface area (TPSA) is 105 Å². The molecule has 2 N–H and O–H groups in total. The van der Waals surface area contributed by atoms with Crippen LogP contribution < -0.4 is 19.7 Å². The summed E-state index contributed by atoms with van der Waals surface area (Å²) in [5.41, 5.74) is 1.22. The summed E-state index contributed by atoms with van der Waals surface area (Å²) in [6, 6.07) is 13.1. The standard InChI is InChI=1S/C18H21N3O5S/c1-13(22)19-14-7-6-8-15(11-14)20-18(23)12-21(27(3,24)25)16-9-4-5-10-17(16)26-2/h4-11H,12H2,1-3H3,(H,19,22)(H,20,23). The van der Waals surface area contributed by atoms with E-state index in [4.69, 9.17) is 4.74 Å². The van der Waals surface area contributed by atoms with Gasteiger partial charge in [-0.25, -0.2) is 8.42 Å². The molecule has 2 aromatic carbocycles. The van der Waals surface area contributed by atoms with Crippen LogP contribution in [-0.2, 0) is 19.6 Å². The second-order valence-corrected chi connectivity index (χ2v) is 7.66. The highest BCUT2D eigenvalue weighted by molar-refractivity contribution is 7.92. The highest BCUT2D eigenvalue weighted by atomic mass is 32.2. The van der Waals surface area contributed by atoms with Crippen molar-refractivity contribution in [3.63, 3.8) is 0 Å². The van der Waals surface area contributed by atoms with E-state index in [1.54, 1.807) is 48.5 Å². The summed E-state index contributed by atoms with van der Waals surface area (Å²) in [5, 5.41) is 5.24. The lowest BCUT2D eigenvalue weighted by Gasteiger charge is -2.23. The third-order valence-corrected chi connectivity index (χ3v) is 4.63. The van der Waals surface area contributed by atoms with Crippen molar-refractivity contribution in [1.82, 2.24) is 0 Å². The molecule has 2 rings (SSSR count). The van der Waals surface area contributed by atoms with Crippen molar-refractivity contribution in [1.29, 1.82) is 0 Å². The van der Waals surface area contributed by atoms with Gasteiger partial charge < -0.3 is 15.4 Å². The summed E-state index contributed by atoms with van der Waals surface area (Å²) in [6.45, 7) is 0.950. The fourth-order valence-corrected chi connectivity index (χ4v) is 3.29. The van der Waals surface area contributed by atoms with Gasteiger partial charge in [0.1, 0.15) is 12.3 Å². The third-order valence-electron chi connectivity index (χ3n) is 3.51. The summed E-state index contributed by atoms with van der Waals surface area (Å²) >= 11 is 0. The minimum absolute atomic E-state index is 0.238. The average Bonchev–Trinajstić information content (AvgIpc) is 2.58. The molecule has 0 radical (unpaired) electrons. The summed E-state index contributed by atoms with van der Waals surface area (Å²) < 4.78 is 30.6. The number of carbonyl (C=O) groups is 2. The number of nitrogens with one attached hydrogen (secondary N) is 2. The van der Waals surface area contributed by atoms with Crippen molar-refractivity contribution >= 4 is 38.9 Å². The largest absolute Gasteiger partial charge is 0.495 e. The number of amides is 2. The summed E-state index contributed by atoms with van der Waals surface area (Å²) in [4.78, 5) is 23.6. The lowest BCUT2D eigenvalue weighted by molar-refractivity contribution is -0.115. The van der Waals surface area contributed by atoms with Crippen LogP contribution in [0.4, 0.5) is 17.1 Å². The van der Waals surface area contributed by atoms with Gasteiger partial charge in [-0.2, -0.15) is 0 Å².